The second-order valence-corrected chi connectivity index (χ2v) is 4.41. The molecule has 1 rings (SSSR count). The number of hydrogen-bond acceptors (Lipinski definition) is 2. The first-order valence-electron chi connectivity index (χ1n) is 5.22. The van der Waals surface area contributed by atoms with Gasteiger partial charge in [-0.1, -0.05) is 13.8 Å². The van der Waals surface area contributed by atoms with E-state index in [4.69, 9.17) is 5.73 Å². The summed E-state index contributed by atoms with van der Waals surface area (Å²) in [6.07, 6.45) is 0. The minimum atomic E-state index is -0.223. The number of hydrogen-bond donors (Lipinski definition) is 2. The summed E-state index contributed by atoms with van der Waals surface area (Å²) >= 11 is 0. The highest BCUT2D eigenvalue weighted by Crippen LogP contribution is 2.21. The molecule has 2 nitrogen and oxygen atoms in total. The lowest BCUT2D eigenvalue weighted by molar-refractivity contribution is 0.382. The second kappa shape index (κ2) is 4.62. The molecule has 0 bridgehead atoms. The Kier molecular flexibility index (Phi) is 3.69. The van der Waals surface area contributed by atoms with Gasteiger partial charge < -0.3 is 11.1 Å². The van der Waals surface area contributed by atoms with Crippen LogP contribution >= 0.6 is 0 Å². The van der Waals surface area contributed by atoms with Crippen molar-refractivity contribution >= 4 is 5.69 Å². The Morgan fingerprint density at radius 2 is 1.87 bits per heavy atom. The van der Waals surface area contributed by atoms with E-state index in [0.717, 1.165) is 5.69 Å². The third-order valence-corrected chi connectivity index (χ3v) is 2.97. The van der Waals surface area contributed by atoms with E-state index in [2.05, 4.69) is 26.1 Å². The van der Waals surface area contributed by atoms with Crippen LogP contribution in [-0.4, -0.2) is 12.1 Å². The maximum atomic E-state index is 12.7. The summed E-state index contributed by atoms with van der Waals surface area (Å²) in [6, 6.07) is 6.34. The van der Waals surface area contributed by atoms with Crippen molar-refractivity contribution in [1.82, 2.24) is 0 Å². The van der Waals surface area contributed by atoms with Crippen LogP contribution in [-0.2, 0) is 0 Å². The lowest BCUT2D eigenvalue weighted by Crippen LogP contribution is -2.47. The Bertz CT molecular complexity index is 308. The molecule has 0 saturated heterocycles. The standard InChI is InChI=1S/C12H19FN2/c1-9(2)12(3,8-14)15-11-6-4-10(13)5-7-11/h4-7,9,15H,8,14H2,1-3H3. The average Bonchev–Trinajstić information content (AvgIpc) is 2.21. The van der Waals surface area contributed by atoms with E-state index in [-0.39, 0.29) is 11.4 Å². The average molecular weight is 210 g/mol. The Labute approximate surface area is 90.7 Å². The maximum Gasteiger partial charge on any atom is 0.123 e. The number of benzene rings is 1. The summed E-state index contributed by atoms with van der Waals surface area (Å²) in [4.78, 5) is 0. The number of halogens is 1. The van der Waals surface area contributed by atoms with Crippen LogP contribution in [0.15, 0.2) is 24.3 Å². The SMILES string of the molecule is CC(C)C(C)(CN)Nc1ccc(F)cc1. The molecule has 1 aromatic carbocycles. The molecule has 15 heavy (non-hydrogen) atoms. The van der Waals surface area contributed by atoms with Crippen molar-refractivity contribution in [2.75, 3.05) is 11.9 Å². The smallest absolute Gasteiger partial charge is 0.123 e. The zero-order valence-electron chi connectivity index (χ0n) is 9.55. The van der Waals surface area contributed by atoms with Gasteiger partial charge in [0.1, 0.15) is 5.82 Å². The Balaban J connectivity index is 2.79. The molecule has 0 aromatic heterocycles. The highest BCUT2D eigenvalue weighted by molar-refractivity contribution is 5.45. The fraction of sp³-hybridized carbons (Fsp3) is 0.500. The van der Waals surface area contributed by atoms with Gasteiger partial charge in [-0.3, -0.25) is 0 Å². The first-order chi connectivity index (χ1) is 6.98. The van der Waals surface area contributed by atoms with Crippen LogP contribution in [0.25, 0.3) is 0 Å². The van der Waals surface area contributed by atoms with Gasteiger partial charge in [-0.15, -0.1) is 0 Å². The molecule has 1 aromatic rings. The van der Waals surface area contributed by atoms with Gasteiger partial charge in [0.2, 0.25) is 0 Å². The van der Waals surface area contributed by atoms with Crippen LogP contribution in [0, 0.1) is 11.7 Å². The van der Waals surface area contributed by atoms with Crippen molar-refractivity contribution in [2.24, 2.45) is 11.7 Å². The third-order valence-electron chi connectivity index (χ3n) is 2.97. The highest BCUT2D eigenvalue weighted by atomic mass is 19.1. The summed E-state index contributed by atoms with van der Waals surface area (Å²) < 4.78 is 12.7. The quantitative estimate of drug-likeness (QED) is 0.801. The summed E-state index contributed by atoms with van der Waals surface area (Å²) in [5, 5.41) is 3.34. The molecule has 0 saturated carbocycles. The normalized spacial score (nSPS) is 15.1. The largest absolute Gasteiger partial charge is 0.378 e. The molecule has 84 valence electrons. The first kappa shape index (κ1) is 12.0. The zero-order chi connectivity index (χ0) is 11.5. The summed E-state index contributed by atoms with van der Waals surface area (Å²) in [6.45, 7) is 6.84. The van der Waals surface area contributed by atoms with Crippen LogP contribution < -0.4 is 11.1 Å². The summed E-state index contributed by atoms with van der Waals surface area (Å²) in [5.41, 5.74) is 6.50. The highest BCUT2D eigenvalue weighted by Gasteiger charge is 2.26. The lowest BCUT2D eigenvalue weighted by Gasteiger charge is -2.34. The van der Waals surface area contributed by atoms with E-state index in [1.807, 2.05) is 0 Å². The molecular weight excluding hydrogens is 191 g/mol. The lowest BCUT2D eigenvalue weighted by atomic mass is 9.88. The monoisotopic (exact) mass is 210 g/mol. The zero-order valence-corrected chi connectivity index (χ0v) is 9.55. The predicted molar refractivity (Wildman–Crippen MR) is 62.3 cm³/mol. The van der Waals surface area contributed by atoms with Crippen LogP contribution in [0.4, 0.5) is 10.1 Å². The molecule has 0 aliphatic heterocycles. The van der Waals surface area contributed by atoms with Crippen LogP contribution in [0.3, 0.4) is 0 Å². The molecule has 0 fully saturated rings. The molecule has 0 aliphatic carbocycles. The number of anilines is 1. The Morgan fingerprint density at radius 1 is 1.33 bits per heavy atom. The van der Waals surface area contributed by atoms with Gasteiger partial charge in [0.05, 0.1) is 0 Å². The van der Waals surface area contributed by atoms with E-state index in [1.54, 1.807) is 12.1 Å². The fourth-order valence-electron chi connectivity index (χ4n) is 1.29. The molecule has 0 radical (unpaired) electrons. The molecule has 0 aliphatic rings. The molecular formula is C12H19FN2. The fourth-order valence-corrected chi connectivity index (χ4v) is 1.29. The van der Waals surface area contributed by atoms with Gasteiger partial charge in [-0.2, -0.15) is 0 Å². The van der Waals surface area contributed by atoms with Crippen molar-refractivity contribution in [3.63, 3.8) is 0 Å². The third kappa shape index (κ3) is 2.93. The van der Waals surface area contributed by atoms with Crippen LogP contribution in [0.1, 0.15) is 20.8 Å². The van der Waals surface area contributed by atoms with Crippen molar-refractivity contribution in [3.05, 3.63) is 30.1 Å². The Morgan fingerprint density at radius 3 is 2.27 bits per heavy atom. The minimum absolute atomic E-state index is 0.155. The van der Waals surface area contributed by atoms with Crippen molar-refractivity contribution in [3.8, 4) is 0 Å². The van der Waals surface area contributed by atoms with E-state index in [0.29, 0.717) is 12.5 Å². The molecule has 3 heteroatoms. The molecule has 1 unspecified atom stereocenters. The predicted octanol–water partition coefficient (Wildman–Crippen LogP) is 2.61. The van der Waals surface area contributed by atoms with E-state index < -0.39 is 0 Å². The number of nitrogens with two attached hydrogens (primary N) is 1. The number of rotatable bonds is 4. The topological polar surface area (TPSA) is 38.0 Å². The number of nitrogens with one attached hydrogen (secondary N) is 1. The van der Waals surface area contributed by atoms with Crippen molar-refractivity contribution in [1.29, 1.82) is 0 Å². The van der Waals surface area contributed by atoms with Gasteiger partial charge >= 0.3 is 0 Å². The van der Waals surface area contributed by atoms with Crippen molar-refractivity contribution in [2.45, 2.75) is 26.3 Å². The van der Waals surface area contributed by atoms with E-state index in [9.17, 15) is 4.39 Å². The van der Waals surface area contributed by atoms with Crippen molar-refractivity contribution < 1.29 is 4.39 Å². The van der Waals surface area contributed by atoms with Gasteiger partial charge in [-0.25, -0.2) is 4.39 Å². The van der Waals surface area contributed by atoms with Gasteiger partial charge in [0.25, 0.3) is 0 Å². The summed E-state index contributed by atoms with van der Waals surface area (Å²) in [5.74, 6) is 0.187. The molecule has 1 atom stereocenters. The van der Waals surface area contributed by atoms with Gasteiger partial charge in [0, 0.05) is 17.8 Å². The first-order valence-corrected chi connectivity index (χ1v) is 5.22. The van der Waals surface area contributed by atoms with Crippen LogP contribution in [0.5, 0.6) is 0 Å². The minimum Gasteiger partial charge on any atom is -0.378 e. The molecule has 3 N–H and O–H groups in total. The summed E-state index contributed by atoms with van der Waals surface area (Å²) in [7, 11) is 0. The van der Waals surface area contributed by atoms with Gasteiger partial charge in [0.15, 0.2) is 0 Å². The van der Waals surface area contributed by atoms with Crippen LogP contribution in [0.2, 0.25) is 0 Å². The Hall–Kier alpha value is -1.09. The molecule has 0 heterocycles. The van der Waals surface area contributed by atoms with Gasteiger partial charge in [-0.05, 0) is 37.1 Å². The molecule has 0 spiro atoms. The van der Waals surface area contributed by atoms with E-state index in [1.165, 1.54) is 12.1 Å². The molecule has 0 amide bonds. The second-order valence-electron chi connectivity index (χ2n) is 4.41. The maximum absolute atomic E-state index is 12.7. The van der Waals surface area contributed by atoms with E-state index >= 15 is 0 Å².